The molecule has 5 nitrogen and oxygen atoms in total. The second-order valence-corrected chi connectivity index (χ2v) is 7.07. The molecular weight excluding hydrogens is 302 g/mol. The van der Waals surface area contributed by atoms with Crippen molar-refractivity contribution in [1.82, 2.24) is 15.5 Å². The van der Waals surface area contributed by atoms with Crippen LogP contribution in [0, 0.1) is 0 Å². The molecule has 1 heterocycles. The first-order chi connectivity index (χ1) is 11.4. The van der Waals surface area contributed by atoms with E-state index in [0.717, 1.165) is 25.9 Å². The second kappa shape index (κ2) is 8.29. The quantitative estimate of drug-likeness (QED) is 0.800. The Balaban J connectivity index is 1.95. The van der Waals surface area contributed by atoms with E-state index in [1.54, 1.807) is 0 Å². The van der Waals surface area contributed by atoms with Crippen LogP contribution in [0.25, 0.3) is 0 Å². The summed E-state index contributed by atoms with van der Waals surface area (Å²) in [7, 11) is 0. The summed E-state index contributed by atoms with van der Waals surface area (Å²) in [4.78, 5) is 26.7. The molecule has 0 radical (unpaired) electrons. The minimum atomic E-state index is -0.380. The summed E-state index contributed by atoms with van der Waals surface area (Å²) < 4.78 is 0. The lowest BCUT2D eigenvalue weighted by molar-refractivity contribution is -0.134. The lowest BCUT2D eigenvalue weighted by Gasteiger charge is -2.35. The van der Waals surface area contributed by atoms with Gasteiger partial charge in [0, 0.05) is 25.2 Å². The van der Waals surface area contributed by atoms with Crippen LogP contribution in [0.4, 0.5) is 0 Å². The van der Waals surface area contributed by atoms with E-state index in [1.165, 1.54) is 5.56 Å². The fourth-order valence-electron chi connectivity index (χ4n) is 2.86. The van der Waals surface area contributed by atoms with Crippen molar-refractivity contribution in [2.24, 2.45) is 0 Å². The standard InChI is InChI=1S/C19H29N3O2/c1-4-19(2,3)21-17(23)14-16-18(24)20-11-13-22(16)12-10-15-8-6-5-7-9-15/h5-9,16H,4,10-14H2,1-3H3,(H,20,24)(H,21,23)/t16-/m1/s1. The number of carbonyl (C=O) groups excluding carboxylic acids is 2. The van der Waals surface area contributed by atoms with Crippen LogP contribution in [0.1, 0.15) is 39.2 Å². The Bertz CT molecular complexity index is 557. The molecule has 2 rings (SSSR count). The van der Waals surface area contributed by atoms with Gasteiger partial charge >= 0.3 is 0 Å². The minimum absolute atomic E-state index is 0.0428. The van der Waals surface area contributed by atoms with E-state index in [2.05, 4.69) is 27.7 Å². The van der Waals surface area contributed by atoms with Crippen molar-refractivity contribution < 1.29 is 9.59 Å². The van der Waals surface area contributed by atoms with Crippen molar-refractivity contribution in [3.63, 3.8) is 0 Å². The predicted octanol–water partition coefficient (Wildman–Crippen LogP) is 1.72. The molecule has 1 fully saturated rings. The molecule has 24 heavy (non-hydrogen) atoms. The number of nitrogens with zero attached hydrogens (tertiary/aromatic N) is 1. The van der Waals surface area contributed by atoms with Gasteiger partial charge in [-0.3, -0.25) is 14.5 Å². The minimum Gasteiger partial charge on any atom is -0.353 e. The Labute approximate surface area is 144 Å². The number of rotatable bonds is 7. The van der Waals surface area contributed by atoms with Gasteiger partial charge in [0.15, 0.2) is 0 Å². The van der Waals surface area contributed by atoms with E-state index in [9.17, 15) is 9.59 Å². The number of benzene rings is 1. The van der Waals surface area contributed by atoms with Crippen LogP contribution in [-0.4, -0.2) is 47.9 Å². The topological polar surface area (TPSA) is 61.4 Å². The molecule has 1 aromatic rings. The molecule has 132 valence electrons. The van der Waals surface area contributed by atoms with Gasteiger partial charge in [-0.05, 0) is 32.3 Å². The van der Waals surface area contributed by atoms with Crippen molar-refractivity contribution in [2.75, 3.05) is 19.6 Å². The molecule has 1 saturated heterocycles. The Hall–Kier alpha value is -1.88. The van der Waals surface area contributed by atoms with Gasteiger partial charge < -0.3 is 10.6 Å². The highest BCUT2D eigenvalue weighted by Gasteiger charge is 2.32. The van der Waals surface area contributed by atoms with Crippen LogP contribution in [-0.2, 0) is 16.0 Å². The summed E-state index contributed by atoms with van der Waals surface area (Å²) in [5.41, 5.74) is 1.01. The number of piperazine rings is 1. The van der Waals surface area contributed by atoms with Gasteiger partial charge in [0.1, 0.15) is 0 Å². The fourth-order valence-corrected chi connectivity index (χ4v) is 2.86. The predicted molar refractivity (Wildman–Crippen MR) is 95.6 cm³/mol. The van der Waals surface area contributed by atoms with Crippen molar-refractivity contribution >= 4 is 11.8 Å². The molecule has 1 aromatic carbocycles. The van der Waals surface area contributed by atoms with Gasteiger partial charge in [-0.15, -0.1) is 0 Å². The van der Waals surface area contributed by atoms with Gasteiger partial charge in [-0.1, -0.05) is 37.3 Å². The zero-order chi connectivity index (χ0) is 17.6. The summed E-state index contributed by atoms with van der Waals surface area (Å²) >= 11 is 0. The van der Waals surface area contributed by atoms with Crippen LogP contribution in [0.3, 0.4) is 0 Å². The van der Waals surface area contributed by atoms with E-state index in [4.69, 9.17) is 0 Å². The fraction of sp³-hybridized carbons (Fsp3) is 0.579. The highest BCUT2D eigenvalue weighted by atomic mass is 16.2. The normalized spacial score (nSPS) is 19.0. The van der Waals surface area contributed by atoms with Crippen LogP contribution in [0.2, 0.25) is 0 Å². The van der Waals surface area contributed by atoms with Crippen LogP contribution >= 0.6 is 0 Å². The third-order valence-electron chi connectivity index (χ3n) is 4.71. The maximum atomic E-state index is 12.3. The lowest BCUT2D eigenvalue weighted by atomic mass is 10.0. The SMILES string of the molecule is CCC(C)(C)NC(=O)C[C@@H]1C(=O)NCCN1CCc1ccccc1. The molecule has 0 aliphatic carbocycles. The van der Waals surface area contributed by atoms with Gasteiger partial charge in [0.05, 0.1) is 12.5 Å². The van der Waals surface area contributed by atoms with Crippen molar-refractivity contribution in [3.05, 3.63) is 35.9 Å². The number of hydrogen-bond donors (Lipinski definition) is 2. The molecule has 0 unspecified atom stereocenters. The maximum absolute atomic E-state index is 12.3. The smallest absolute Gasteiger partial charge is 0.237 e. The second-order valence-electron chi connectivity index (χ2n) is 7.07. The molecule has 0 saturated carbocycles. The number of hydrogen-bond acceptors (Lipinski definition) is 3. The van der Waals surface area contributed by atoms with E-state index in [1.807, 2.05) is 39.0 Å². The molecule has 0 spiro atoms. The molecule has 1 aliphatic heterocycles. The highest BCUT2D eigenvalue weighted by molar-refractivity contribution is 5.89. The summed E-state index contributed by atoms with van der Waals surface area (Å²) in [5, 5.41) is 5.90. The first-order valence-electron chi connectivity index (χ1n) is 8.78. The Morgan fingerprint density at radius 2 is 2.04 bits per heavy atom. The van der Waals surface area contributed by atoms with Crippen molar-refractivity contribution in [3.8, 4) is 0 Å². The van der Waals surface area contributed by atoms with Crippen molar-refractivity contribution in [2.45, 2.75) is 51.6 Å². The lowest BCUT2D eigenvalue weighted by Crippen LogP contribution is -2.57. The number of nitrogens with one attached hydrogen (secondary N) is 2. The molecule has 2 amide bonds. The van der Waals surface area contributed by atoms with Gasteiger partial charge in [-0.25, -0.2) is 0 Å². The van der Waals surface area contributed by atoms with Gasteiger partial charge in [0.25, 0.3) is 0 Å². The number of amides is 2. The van der Waals surface area contributed by atoms with Crippen molar-refractivity contribution in [1.29, 1.82) is 0 Å². The molecular formula is C19H29N3O2. The largest absolute Gasteiger partial charge is 0.353 e. The van der Waals surface area contributed by atoms with Crippen LogP contribution in [0.5, 0.6) is 0 Å². The summed E-state index contributed by atoms with van der Waals surface area (Å²) in [5.74, 6) is -0.104. The first kappa shape index (κ1) is 18.5. The first-order valence-corrected chi connectivity index (χ1v) is 8.78. The molecule has 2 N–H and O–H groups in total. The van der Waals surface area contributed by atoms with E-state index in [-0.39, 0.29) is 29.8 Å². The zero-order valence-corrected chi connectivity index (χ0v) is 15.0. The monoisotopic (exact) mass is 331 g/mol. The van der Waals surface area contributed by atoms with Gasteiger partial charge in [-0.2, -0.15) is 0 Å². The van der Waals surface area contributed by atoms with E-state index >= 15 is 0 Å². The summed E-state index contributed by atoms with van der Waals surface area (Å²) in [6.07, 6.45) is 1.95. The number of carbonyl (C=O) groups is 2. The Morgan fingerprint density at radius 3 is 2.71 bits per heavy atom. The van der Waals surface area contributed by atoms with E-state index < -0.39 is 0 Å². The average molecular weight is 331 g/mol. The third-order valence-corrected chi connectivity index (χ3v) is 4.71. The average Bonchev–Trinajstić information content (AvgIpc) is 2.56. The Morgan fingerprint density at radius 1 is 1.33 bits per heavy atom. The zero-order valence-electron chi connectivity index (χ0n) is 15.0. The highest BCUT2D eigenvalue weighted by Crippen LogP contribution is 2.13. The molecule has 0 bridgehead atoms. The molecule has 1 atom stereocenters. The maximum Gasteiger partial charge on any atom is 0.237 e. The van der Waals surface area contributed by atoms with E-state index in [0.29, 0.717) is 6.54 Å². The molecule has 1 aliphatic rings. The van der Waals surface area contributed by atoms with Gasteiger partial charge in [0.2, 0.25) is 11.8 Å². The summed E-state index contributed by atoms with van der Waals surface area (Å²) in [6.45, 7) is 8.25. The third kappa shape index (κ3) is 5.34. The summed E-state index contributed by atoms with van der Waals surface area (Å²) in [6, 6.07) is 9.85. The van der Waals surface area contributed by atoms with Crippen LogP contribution < -0.4 is 10.6 Å². The Kier molecular flexibility index (Phi) is 6.37. The molecule has 0 aromatic heterocycles. The molecule has 5 heteroatoms. The van der Waals surface area contributed by atoms with Crippen LogP contribution in [0.15, 0.2) is 30.3 Å².